The summed E-state index contributed by atoms with van der Waals surface area (Å²) in [4.78, 5) is 12.2. The molecule has 1 heterocycles. The van der Waals surface area contributed by atoms with E-state index in [-0.39, 0.29) is 11.2 Å². The summed E-state index contributed by atoms with van der Waals surface area (Å²) in [7, 11) is 0. The Morgan fingerprint density at radius 1 is 0.755 bits per heavy atom. The Labute approximate surface area is 318 Å². The highest BCUT2D eigenvalue weighted by Crippen LogP contribution is 2.39. The molecule has 0 saturated carbocycles. The fourth-order valence-electron chi connectivity index (χ4n) is 5.77. The van der Waals surface area contributed by atoms with Crippen molar-refractivity contribution >= 4 is 5.78 Å². The molecule has 1 aliphatic heterocycles. The lowest BCUT2D eigenvalue weighted by molar-refractivity contribution is -0.322. The van der Waals surface area contributed by atoms with Crippen LogP contribution in [0.4, 0.5) is 0 Å². The third kappa shape index (κ3) is 16.1. The molecule has 7 heteroatoms. The molecule has 5 atom stereocenters. The molecule has 1 fully saturated rings. The number of carbonyl (C=O) groups is 1. The van der Waals surface area contributed by atoms with Crippen LogP contribution < -0.4 is 0 Å². The highest BCUT2D eigenvalue weighted by molar-refractivity contribution is 5.97. The first kappa shape index (κ1) is 45.5. The Morgan fingerprint density at radius 2 is 1.23 bits per heavy atom. The first-order valence-corrected chi connectivity index (χ1v) is 18.5. The van der Waals surface area contributed by atoms with Gasteiger partial charge in [0, 0.05) is 6.42 Å². The zero-order valence-electron chi connectivity index (χ0n) is 33.5. The molecule has 2 aliphatic rings. The highest BCUT2D eigenvalue weighted by atomic mass is 16.7. The van der Waals surface area contributed by atoms with Crippen molar-refractivity contribution in [1.82, 2.24) is 0 Å². The Bertz CT molecular complexity index is 1610. The van der Waals surface area contributed by atoms with E-state index in [2.05, 4.69) is 89.3 Å². The molecular weight excluding hydrogens is 664 g/mol. The van der Waals surface area contributed by atoms with E-state index in [1.54, 1.807) is 0 Å². The quantitative estimate of drug-likeness (QED) is 0.118. The molecule has 0 aromatic rings. The number of Topliss-reactive ketones (excluding diaryl/α,β-unsaturated/α-hetero) is 1. The summed E-state index contributed by atoms with van der Waals surface area (Å²) >= 11 is 0. The van der Waals surface area contributed by atoms with Crippen LogP contribution in [0.15, 0.2) is 142 Å². The number of allylic oxidation sites excluding steroid dienone is 23. The van der Waals surface area contributed by atoms with Gasteiger partial charge in [-0.1, -0.05) is 145 Å². The largest absolute Gasteiger partial charge is 0.394 e. The molecule has 0 aromatic heterocycles. The van der Waals surface area contributed by atoms with E-state index in [9.17, 15) is 25.2 Å². The second kappa shape index (κ2) is 21.9. The predicted molar refractivity (Wildman–Crippen MR) is 218 cm³/mol. The van der Waals surface area contributed by atoms with Crippen LogP contribution >= 0.6 is 0 Å². The summed E-state index contributed by atoms with van der Waals surface area (Å²) in [5.74, 6) is 0.259. The number of rotatable bonds is 16. The molecule has 0 amide bonds. The van der Waals surface area contributed by atoms with Gasteiger partial charge < -0.3 is 29.9 Å². The Balaban J connectivity index is 1.83. The summed E-state index contributed by atoms with van der Waals surface area (Å²) < 4.78 is 11.4. The van der Waals surface area contributed by atoms with Crippen LogP contribution in [0.3, 0.4) is 0 Å². The van der Waals surface area contributed by atoms with E-state index in [0.717, 1.165) is 45.4 Å². The number of ether oxygens (including phenoxy) is 2. The Morgan fingerprint density at radius 3 is 1.74 bits per heavy atom. The van der Waals surface area contributed by atoms with Crippen LogP contribution in [0.25, 0.3) is 0 Å². The average Bonchev–Trinajstić information content (AvgIpc) is 3.08. The summed E-state index contributed by atoms with van der Waals surface area (Å²) in [5, 5.41) is 39.7. The lowest BCUT2D eigenvalue weighted by Crippen LogP contribution is -2.60. The number of carbonyl (C=O) groups excluding carboxylic acids is 1. The van der Waals surface area contributed by atoms with Gasteiger partial charge >= 0.3 is 0 Å². The third-order valence-electron chi connectivity index (χ3n) is 9.30. The number of ketones is 1. The predicted octanol–water partition coefficient (Wildman–Crippen LogP) is 8.75. The molecule has 7 nitrogen and oxygen atoms in total. The van der Waals surface area contributed by atoms with Crippen LogP contribution in [-0.2, 0) is 14.3 Å². The Hall–Kier alpha value is -3.69. The van der Waals surface area contributed by atoms with Gasteiger partial charge in [-0.3, -0.25) is 4.79 Å². The third-order valence-corrected chi connectivity index (χ3v) is 9.30. The first-order valence-electron chi connectivity index (χ1n) is 18.5. The van der Waals surface area contributed by atoms with Gasteiger partial charge in [0.25, 0.3) is 0 Å². The number of hydrogen-bond donors (Lipinski definition) is 4. The molecule has 0 bridgehead atoms. The number of aliphatic hydroxyl groups excluding tert-OH is 4. The van der Waals surface area contributed by atoms with Crippen LogP contribution in [0, 0.1) is 5.41 Å². The van der Waals surface area contributed by atoms with Gasteiger partial charge in [-0.05, 0) is 84.8 Å². The van der Waals surface area contributed by atoms with Gasteiger partial charge in [-0.2, -0.15) is 0 Å². The SMILES string of the molecule is CC(C=CC=C(C)C=CC=C(C)C=CCC(C)(C)OC1OC(CO)C(O)C(O)C1O)=CC=CC=C(C)C=CC=C(C)C=CC1=C(C)C(=O)CCC1(C)C. The lowest BCUT2D eigenvalue weighted by atomic mass is 9.72. The maximum absolute atomic E-state index is 12.2. The first-order chi connectivity index (χ1) is 24.9. The molecular formula is C46H64O7. The lowest BCUT2D eigenvalue weighted by Gasteiger charge is -2.42. The van der Waals surface area contributed by atoms with E-state index in [1.165, 1.54) is 0 Å². The normalized spacial score (nSPS) is 26.3. The van der Waals surface area contributed by atoms with E-state index in [1.807, 2.05) is 83.2 Å². The molecule has 0 radical (unpaired) electrons. The van der Waals surface area contributed by atoms with E-state index in [0.29, 0.717) is 12.8 Å². The maximum atomic E-state index is 12.2. The maximum Gasteiger partial charge on any atom is 0.187 e. The number of aliphatic hydroxyl groups is 4. The van der Waals surface area contributed by atoms with Gasteiger partial charge in [-0.15, -0.1) is 0 Å². The molecule has 1 aliphatic carbocycles. The summed E-state index contributed by atoms with van der Waals surface area (Å²) in [6.45, 7) is 19.8. The van der Waals surface area contributed by atoms with Crippen molar-refractivity contribution in [3.05, 3.63) is 142 Å². The van der Waals surface area contributed by atoms with E-state index >= 15 is 0 Å². The summed E-state index contributed by atoms with van der Waals surface area (Å²) in [6, 6.07) is 0. The van der Waals surface area contributed by atoms with Crippen LogP contribution in [-0.4, -0.2) is 69.1 Å². The average molecular weight is 729 g/mol. The zero-order chi connectivity index (χ0) is 39.8. The van der Waals surface area contributed by atoms with Gasteiger partial charge in [0.2, 0.25) is 0 Å². The Kier molecular flexibility index (Phi) is 18.8. The molecule has 1 saturated heterocycles. The molecule has 2 rings (SSSR count). The minimum atomic E-state index is -1.47. The van der Waals surface area contributed by atoms with Gasteiger partial charge in [0.15, 0.2) is 12.1 Å². The van der Waals surface area contributed by atoms with Crippen molar-refractivity contribution in [3.63, 3.8) is 0 Å². The smallest absolute Gasteiger partial charge is 0.187 e. The van der Waals surface area contributed by atoms with Crippen molar-refractivity contribution in [2.45, 2.75) is 125 Å². The van der Waals surface area contributed by atoms with E-state index < -0.39 is 42.9 Å². The van der Waals surface area contributed by atoms with Crippen molar-refractivity contribution < 1.29 is 34.7 Å². The van der Waals surface area contributed by atoms with Crippen LogP contribution in [0.2, 0.25) is 0 Å². The molecule has 53 heavy (non-hydrogen) atoms. The van der Waals surface area contributed by atoms with Crippen LogP contribution in [0.1, 0.15) is 88.5 Å². The van der Waals surface area contributed by atoms with Crippen molar-refractivity contribution in [2.24, 2.45) is 5.41 Å². The van der Waals surface area contributed by atoms with Gasteiger partial charge in [-0.25, -0.2) is 0 Å². The topological polar surface area (TPSA) is 116 Å². The summed E-state index contributed by atoms with van der Waals surface area (Å²) in [6.07, 6.45) is 30.3. The van der Waals surface area contributed by atoms with Crippen LogP contribution in [0.5, 0.6) is 0 Å². The summed E-state index contributed by atoms with van der Waals surface area (Å²) in [5.41, 5.74) is 6.88. The van der Waals surface area contributed by atoms with Gasteiger partial charge in [0.1, 0.15) is 24.4 Å². The molecule has 290 valence electrons. The minimum Gasteiger partial charge on any atom is -0.394 e. The monoisotopic (exact) mass is 728 g/mol. The second-order valence-corrected chi connectivity index (χ2v) is 15.4. The van der Waals surface area contributed by atoms with E-state index in [4.69, 9.17) is 9.47 Å². The number of hydrogen-bond acceptors (Lipinski definition) is 7. The standard InChI is InChI=1S/C46H64O7/c1-32(17-11-12-18-33(2)20-15-24-36(5)26-27-38-37(6)39(48)28-30-45(38,7)8)19-13-21-34(3)22-14-23-35(4)25-16-29-46(9,10)53-44-43(51)42(50)41(49)40(31-47)52-44/h11-27,40-44,47,49-51H,28-31H2,1-10H3. The van der Waals surface area contributed by atoms with Crippen molar-refractivity contribution in [3.8, 4) is 0 Å². The fourth-order valence-corrected chi connectivity index (χ4v) is 5.77. The molecule has 5 unspecified atom stereocenters. The zero-order valence-corrected chi connectivity index (χ0v) is 33.5. The fraction of sp³-hybridized carbons (Fsp3) is 0.457. The van der Waals surface area contributed by atoms with Crippen molar-refractivity contribution in [1.29, 1.82) is 0 Å². The molecule has 0 aromatic carbocycles. The molecule has 0 spiro atoms. The highest BCUT2D eigenvalue weighted by Gasteiger charge is 2.45. The minimum absolute atomic E-state index is 0.0230. The molecule has 4 N–H and O–H groups in total. The van der Waals surface area contributed by atoms with Gasteiger partial charge in [0.05, 0.1) is 12.2 Å². The second-order valence-electron chi connectivity index (χ2n) is 15.4. The van der Waals surface area contributed by atoms with Crippen molar-refractivity contribution in [2.75, 3.05) is 6.61 Å².